The van der Waals surface area contributed by atoms with Gasteiger partial charge in [0.05, 0.1) is 7.11 Å². The van der Waals surface area contributed by atoms with Crippen molar-refractivity contribution >= 4 is 12.4 Å². The lowest BCUT2D eigenvalue weighted by Gasteiger charge is -2.09. The fourth-order valence-corrected chi connectivity index (χ4v) is 1.17. The Morgan fingerprint density at radius 1 is 1.43 bits per heavy atom. The maximum absolute atomic E-state index is 7.09. The molecule has 1 unspecified atom stereocenters. The Balaban J connectivity index is 0.00000256. The first-order valence-corrected chi connectivity index (χ1v) is 4.31. The van der Waals surface area contributed by atoms with Crippen LogP contribution in [0.5, 0.6) is 5.75 Å². The molecule has 0 bridgehead atoms. The Bertz CT molecular complexity index is 326. The SMILES string of the molecule is Cl.[2H]C([2H])([2H])NC(C)Cc1ccc(OC)cc1. The van der Waals surface area contributed by atoms with E-state index in [0.717, 1.165) is 11.3 Å². The van der Waals surface area contributed by atoms with Crippen molar-refractivity contribution in [3.8, 4) is 5.75 Å². The summed E-state index contributed by atoms with van der Waals surface area (Å²) >= 11 is 0. The van der Waals surface area contributed by atoms with Gasteiger partial charge < -0.3 is 10.1 Å². The number of rotatable bonds is 4. The van der Waals surface area contributed by atoms with E-state index in [0.29, 0.717) is 6.42 Å². The van der Waals surface area contributed by atoms with Crippen LogP contribution >= 0.6 is 12.4 Å². The van der Waals surface area contributed by atoms with E-state index in [2.05, 4.69) is 5.32 Å². The lowest BCUT2D eigenvalue weighted by atomic mass is 10.1. The maximum Gasteiger partial charge on any atom is 0.118 e. The topological polar surface area (TPSA) is 21.3 Å². The first-order valence-electron chi connectivity index (χ1n) is 5.81. The molecule has 0 saturated heterocycles. The van der Waals surface area contributed by atoms with Crippen LogP contribution in [0.4, 0.5) is 0 Å². The Morgan fingerprint density at radius 2 is 2.07 bits per heavy atom. The normalized spacial score (nSPS) is 15.7. The predicted octanol–water partition coefficient (Wildman–Crippen LogP) is 2.27. The molecule has 0 amide bonds. The van der Waals surface area contributed by atoms with Gasteiger partial charge in [-0.25, -0.2) is 0 Å². The van der Waals surface area contributed by atoms with Crippen LogP contribution in [-0.2, 0) is 6.42 Å². The van der Waals surface area contributed by atoms with Crippen LogP contribution in [0.15, 0.2) is 24.3 Å². The van der Waals surface area contributed by atoms with Crippen LogP contribution in [0, 0.1) is 0 Å². The van der Waals surface area contributed by atoms with Gasteiger partial charge in [0.1, 0.15) is 5.75 Å². The summed E-state index contributed by atoms with van der Waals surface area (Å²) in [4.78, 5) is 0. The number of ether oxygens (including phenoxy) is 1. The molecule has 1 atom stereocenters. The van der Waals surface area contributed by atoms with Gasteiger partial charge in [-0.3, -0.25) is 0 Å². The highest BCUT2D eigenvalue weighted by atomic mass is 35.5. The van der Waals surface area contributed by atoms with Gasteiger partial charge in [-0.15, -0.1) is 12.4 Å². The Morgan fingerprint density at radius 3 is 2.57 bits per heavy atom. The van der Waals surface area contributed by atoms with Crippen LogP contribution in [-0.4, -0.2) is 20.1 Å². The largest absolute Gasteiger partial charge is 0.497 e. The molecule has 0 aromatic heterocycles. The van der Waals surface area contributed by atoms with Crippen molar-refractivity contribution < 1.29 is 8.85 Å². The Labute approximate surface area is 96.3 Å². The summed E-state index contributed by atoms with van der Waals surface area (Å²) in [7, 11) is 1.62. The third-order valence-corrected chi connectivity index (χ3v) is 1.95. The van der Waals surface area contributed by atoms with Gasteiger partial charge >= 0.3 is 0 Å². The summed E-state index contributed by atoms with van der Waals surface area (Å²) < 4.78 is 26.3. The second-order valence-corrected chi connectivity index (χ2v) is 3.10. The number of nitrogens with one attached hydrogen (secondary N) is 1. The molecule has 1 N–H and O–H groups in total. The average Bonchev–Trinajstić information content (AvgIpc) is 2.16. The van der Waals surface area contributed by atoms with Gasteiger partial charge in [-0.1, -0.05) is 12.1 Å². The third-order valence-electron chi connectivity index (χ3n) is 1.95. The molecule has 0 aliphatic heterocycles. The third kappa shape index (κ3) is 3.99. The minimum absolute atomic E-state index is 0. The van der Waals surface area contributed by atoms with Crippen molar-refractivity contribution in [2.45, 2.75) is 19.4 Å². The van der Waals surface area contributed by atoms with E-state index in [1.165, 1.54) is 0 Å². The highest BCUT2D eigenvalue weighted by Gasteiger charge is 1.99. The zero-order valence-corrected chi connectivity index (χ0v) is 9.23. The number of methoxy groups -OCH3 is 1. The highest BCUT2D eigenvalue weighted by Crippen LogP contribution is 2.12. The molecule has 0 heterocycles. The summed E-state index contributed by atoms with van der Waals surface area (Å²) in [5.41, 5.74) is 1.09. The van der Waals surface area contributed by atoms with Gasteiger partial charge in [-0.2, -0.15) is 0 Å². The average molecular weight is 219 g/mol. The summed E-state index contributed by atoms with van der Waals surface area (Å²) in [5, 5.41) is 2.56. The molecule has 1 rings (SSSR count). The van der Waals surface area contributed by atoms with Crippen molar-refractivity contribution in [2.75, 3.05) is 14.1 Å². The molecule has 2 nitrogen and oxygen atoms in total. The van der Waals surface area contributed by atoms with E-state index < -0.39 is 6.98 Å². The molecule has 14 heavy (non-hydrogen) atoms. The van der Waals surface area contributed by atoms with Crippen LogP contribution < -0.4 is 10.1 Å². The minimum Gasteiger partial charge on any atom is -0.497 e. The molecule has 80 valence electrons. The van der Waals surface area contributed by atoms with Gasteiger partial charge in [0.2, 0.25) is 0 Å². The predicted molar refractivity (Wildman–Crippen MR) is 62.5 cm³/mol. The molecule has 1 aromatic rings. The van der Waals surface area contributed by atoms with Gasteiger partial charge in [-0.05, 0) is 38.0 Å². The summed E-state index contributed by atoms with van der Waals surface area (Å²) in [6.07, 6.45) is 0.683. The molecular weight excluding hydrogens is 198 g/mol. The number of hydrogen-bond acceptors (Lipinski definition) is 2. The zero-order valence-electron chi connectivity index (χ0n) is 11.4. The number of hydrogen-bond donors (Lipinski definition) is 1. The van der Waals surface area contributed by atoms with E-state index in [1.54, 1.807) is 7.11 Å². The quantitative estimate of drug-likeness (QED) is 0.837. The van der Waals surface area contributed by atoms with Crippen LogP contribution in [0.2, 0.25) is 0 Å². The fraction of sp³-hybridized carbons (Fsp3) is 0.455. The van der Waals surface area contributed by atoms with Gasteiger partial charge in [0.15, 0.2) is 0 Å². The van der Waals surface area contributed by atoms with Crippen molar-refractivity contribution in [1.82, 2.24) is 5.32 Å². The molecule has 0 radical (unpaired) electrons. The highest BCUT2D eigenvalue weighted by molar-refractivity contribution is 5.85. The Hall–Kier alpha value is -0.730. The zero-order chi connectivity index (χ0) is 12.2. The fourth-order valence-electron chi connectivity index (χ4n) is 1.17. The van der Waals surface area contributed by atoms with E-state index in [-0.39, 0.29) is 18.4 Å². The second-order valence-electron chi connectivity index (χ2n) is 3.10. The van der Waals surface area contributed by atoms with Crippen molar-refractivity contribution in [3.05, 3.63) is 29.8 Å². The number of likely N-dealkylation sites (N-methyl/N-ethyl adjacent to an activating group) is 1. The molecule has 0 spiro atoms. The number of halogens is 1. The van der Waals surface area contributed by atoms with E-state index in [1.807, 2.05) is 31.2 Å². The molecular formula is C11H18ClNO. The van der Waals surface area contributed by atoms with Crippen LogP contribution in [0.1, 0.15) is 16.6 Å². The van der Waals surface area contributed by atoms with Gasteiger partial charge in [0.25, 0.3) is 0 Å². The smallest absolute Gasteiger partial charge is 0.118 e. The Kier molecular flexibility index (Phi) is 4.09. The van der Waals surface area contributed by atoms with E-state index >= 15 is 0 Å². The van der Waals surface area contributed by atoms with E-state index in [4.69, 9.17) is 8.85 Å². The monoisotopic (exact) mass is 218 g/mol. The lowest BCUT2D eigenvalue weighted by molar-refractivity contribution is 0.414. The molecule has 0 saturated carbocycles. The molecule has 1 aromatic carbocycles. The van der Waals surface area contributed by atoms with E-state index in [9.17, 15) is 0 Å². The molecule has 0 fully saturated rings. The summed E-state index contributed by atoms with van der Waals surface area (Å²) in [6.45, 7) is -0.220. The first-order chi connectivity index (χ1) is 7.40. The standard InChI is InChI=1S/C11H17NO.ClH/c1-9(12-2)8-10-4-6-11(13-3)7-5-10;/h4-7,9,12H,8H2,1-3H3;1H/i2D3;. The maximum atomic E-state index is 7.09. The summed E-state index contributed by atoms with van der Waals surface area (Å²) in [6, 6.07) is 7.54. The van der Waals surface area contributed by atoms with Crippen LogP contribution in [0.25, 0.3) is 0 Å². The summed E-state index contributed by atoms with van der Waals surface area (Å²) in [5.74, 6) is 0.806. The molecule has 0 aliphatic rings. The van der Waals surface area contributed by atoms with Crippen molar-refractivity contribution in [3.63, 3.8) is 0 Å². The lowest BCUT2D eigenvalue weighted by Crippen LogP contribution is -2.23. The molecule has 3 heteroatoms. The van der Waals surface area contributed by atoms with Crippen LogP contribution in [0.3, 0.4) is 0 Å². The minimum atomic E-state index is -2.08. The van der Waals surface area contributed by atoms with Crippen molar-refractivity contribution in [1.29, 1.82) is 0 Å². The molecule has 0 aliphatic carbocycles. The van der Waals surface area contributed by atoms with Gasteiger partial charge in [0, 0.05) is 10.2 Å². The van der Waals surface area contributed by atoms with Crippen molar-refractivity contribution in [2.24, 2.45) is 0 Å². The number of benzene rings is 1. The first kappa shape index (κ1) is 8.57. The second kappa shape index (κ2) is 6.68.